The number of benzene rings is 2. The molecule has 0 unspecified atom stereocenters. The summed E-state index contributed by atoms with van der Waals surface area (Å²) in [7, 11) is 1.66. The molecule has 1 saturated heterocycles. The standard InChI is InChI=1S/C24H29N5O2/c1-27(15-16-30)24(31)23-18-29(26-25-23)22-11-13-28(14-12-22)17-19-7-9-21(10-8-19)20-5-3-2-4-6-20/h2-10,18,22,30H,11-17H2,1H3. The fourth-order valence-corrected chi connectivity index (χ4v) is 4.03. The Morgan fingerprint density at radius 2 is 1.74 bits per heavy atom. The Morgan fingerprint density at radius 3 is 2.42 bits per heavy atom. The van der Waals surface area contributed by atoms with Crippen molar-refractivity contribution in [1.82, 2.24) is 24.8 Å². The van der Waals surface area contributed by atoms with Gasteiger partial charge in [0.15, 0.2) is 5.69 Å². The van der Waals surface area contributed by atoms with Crippen molar-refractivity contribution in [3.63, 3.8) is 0 Å². The normalized spacial score (nSPS) is 15.2. The van der Waals surface area contributed by atoms with E-state index in [4.69, 9.17) is 5.11 Å². The van der Waals surface area contributed by atoms with E-state index in [0.29, 0.717) is 5.69 Å². The molecule has 31 heavy (non-hydrogen) atoms. The predicted octanol–water partition coefficient (Wildman–Crippen LogP) is 2.85. The average molecular weight is 420 g/mol. The molecule has 0 radical (unpaired) electrons. The number of aliphatic hydroxyl groups excluding tert-OH is 1. The molecule has 1 N–H and O–H groups in total. The zero-order valence-electron chi connectivity index (χ0n) is 17.9. The summed E-state index contributed by atoms with van der Waals surface area (Å²) in [5.41, 5.74) is 4.13. The van der Waals surface area contributed by atoms with Crippen LogP contribution in [0.3, 0.4) is 0 Å². The molecule has 7 nitrogen and oxygen atoms in total. The Balaban J connectivity index is 1.30. The molecule has 4 rings (SSSR count). The fraction of sp³-hybridized carbons (Fsp3) is 0.375. The van der Waals surface area contributed by atoms with Gasteiger partial charge in [0.05, 0.1) is 18.8 Å². The lowest BCUT2D eigenvalue weighted by atomic mass is 10.0. The number of carbonyl (C=O) groups is 1. The first-order valence-corrected chi connectivity index (χ1v) is 10.8. The summed E-state index contributed by atoms with van der Waals surface area (Å²) in [5, 5.41) is 17.2. The van der Waals surface area contributed by atoms with E-state index in [1.165, 1.54) is 21.6 Å². The molecule has 2 aromatic carbocycles. The van der Waals surface area contributed by atoms with Gasteiger partial charge in [0, 0.05) is 33.2 Å². The minimum Gasteiger partial charge on any atom is -0.395 e. The van der Waals surface area contributed by atoms with Gasteiger partial charge in [-0.25, -0.2) is 4.68 Å². The molecular formula is C24H29N5O2. The number of hydrogen-bond donors (Lipinski definition) is 1. The van der Waals surface area contributed by atoms with E-state index >= 15 is 0 Å². The lowest BCUT2D eigenvalue weighted by Gasteiger charge is -2.31. The lowest BCUT2D eigenvalue weighted by Crippen LogP contribution is -2.34. The second kappa shape index (κ2) is 9.85. The summed E-state index contributed by atoms with van der Waals surface area (Å²) in [4.78, 5) is 16.2. The Morgan fingerprint density at radius 1 is 1.06 bits per heavy atom. The average Bonchev–Trinajstić information content (AvgIpc) is 3.30. The van der Waals surface area contributed by atoms with Crippen LogP contribution in [-0.4, -0.2) is 69.1 Å². The van der Waals surface area contributed by atoms with Gasteiger partial charge in [0.2, 0.25) is 0 Å². The summed E-state index contributed by atoms with van der Waals surface area (Å²) in [6.45, 7) is 3.13. The summed E-state index contributed by atoms with van der Waals surface area (Å²) < 4.78 is 1.83. The predicted molar refractivity (Wildman–Crippen MR) is 119 cm³/mol. The summed E-state index contributed by atoms with van der Waals surface area (Å²) >= 11 is 0. The van der Waals surface area contributed by atoms with E-state index in [1.807, 2.05) is 10.7 Å². The van der Waals surface area contributed by atoms with Crippen LogP contribution in [0.15, 0.2) is 60.8 Å². The Bertz CT molecular complexity index is 979. The molecular weight excluding hydrogens is 390 g/mol. The van der Waals surface area contributed by atoms with Crippen LogP contribution < -0.4 is 0 Å². The first-order chi connectivity index (χ1) is 15.1. The third kappa shape index (κ3) is 5.18. The van der Waals surface area contributed by atoms with Gasteiger partial charge in [-0.3, -0.25) is 9.69 Å². The van der Waals surface area contributed by atoms with Crippen LogP contribution in [0.2, 0.25) is 0 Å². The molecule has 7 heteroatoms. The minimum atomic E-state index is -0.211. The van der Waals surface area contributed by atoms with Crippen molar-refractivity contribution in [2.24, 2.45) is 0 Å². The highest BCUT2D eigenvalue weighted by Crippen LogP contribution is 2.24. The molecule has 3 aromatic rings. The van der Waals surface area contributed by atoms with Crippen LogP contribution in [-0.2, 0) is 6.54 Å². The van der Waals surface area contributed by atoms with Gasteiger partial charge in [-0.05, 0) is 29.5 Å². The summed E-state index contributed by atoms with van der Waals surface area (Å²) in [5.74, 6) is -0.211. The number of hydrogen-bond acceptors (Lipinski definition) is 5. The molecule has 1 aliphatic heterocycles. The smallest absolute Gasteiger partial charge is 0.275 e. The largest absolute Gasteiger partial charge is 0.395 e. The molecule has 0 bridgehead atoms. The monoisotopic (exact) mass is 419 g/mol. The van der Waals surface area contributed by atoms with Crippen LogP contribution in [0.25, 0.3) is 11.1 Å². The van der Waals surface area contributed by atoms with Gasteiger partial charge in [0.25, 0.3) is 5.91 Å². The van der Waals surface area contributed by atoms with Crippen molar-refractivity contribution in [2.75, 3.05) is 33.3 Å². The van der Waals surface area contributed by atoms with Gasteiger partial charge in [-0.15, -0.1) is 5.10 Å². The fourth-order valence-electron chi connectivity index (χ4n) is 4.03. The number of aromatic nitrogens is 3. The highest BCUT2D eigenvalue weighted by Gasteiger charge is 2.23. The molecule has 1 aliphatic rings. The van der Waals surface area contributed by atoms with Crippen LogP contribution in [0.1, 0.15) is 34.9 Å². The van der Waals surface area contributed by atoms with Crippen molar-refractivity contribution in [3.8, 4) is 11.1 Å². The number of nitrogens with zero attached hydrogens (tertiary/aromatic N) is 5. The van der Waals surface area contributed by atoms with Crippen molar-refractivity contribution >= 4 is 5.91 Å². The molecule has 1 fully saturated rings. The second-order valence-electron chi connectivity index (χ2n) is 8.10. The van der Waals surface area contributed by atoms with Gasteiger partial charge in [-0.2, -0.15) is 0 Å². The molecule has 0 aliphatic carbocycles. The highest BCUT2D eigenvalue weighted by molar-refractivity contribution is 5.91. The van der Waals surface area contributed by atoms with E-state index in [2.05, 4.69) is 63.7 Å². The Kier molecular flexibility index (Phi) is 6.74. The third-order valence-electron chi connectivity index (χ3n) is 5.91. The van der Waals surface area contributed by atoms with Crippen molar-refractivity contribution < 1.29 is 9.90 Å². The van der Waals surface area contributed by atoms with E-state index in [0.717, 1.165) is 32.5 Å². The van der Waals surface area contributed by atoms with Crippen LogP contribution in [0.4, 0.5) is 0 Å². The number of rotatable bonds is 7. The first kappa shape index (κ1) is 21.2. The number of amides is 1. The van der Waals surface area contributed by atoms with Gasteiger partial charge in [-0.1, -0.05) is 59.8 Å². The number of piperidine rings is 1. The molecule has 1 aromatic heterocycles. The summed E-state index contributed by atoms with van der Waals surface area (Å²) in [6, 6.07) is 19.5. The number of carbonyl (C=O) groups excluding carboxylic acids is 1. The quantitative estimate of drug-likeness (QED) is 0.637. The number of likely N-dealkylation sites (N-methyl/N-ethyl adjacent to an activating group) is 1. The van der Waals surface area contributed by atoms with Crippen LogP contribution in [0, 0.1) is 0 Å². The number of aliphatic hydroxyl groups is 1. The highest BCUT2D eigenvalue weighted by atomic mass is 16.3. The van der Waals surface area contributed by atoms with Gasteiger partial charge in [0.1, 0.15) is 0 Å². The van der Waals surface area contributed by atoms with Crippen LogP contribution >= 0.6 is 0 Å². The van der Waals surface area contributed by atoms with Gasteiger partial charge >= 0.3 is 0 Å². The van der Waals surface area contributed by atoms with Crippen molar-refractivity contribution in [3.05, 3.63) is 72.1 Å². The topological polar surface area (TPSA) is 74.5 Å². The molecule has 0 saturated carbocycles. The van der Waals surface area contributed by atoms with E-state index < -0.39 is 0 Å². The second-order valence-corrected chi connectivity index (χ2v) is 8.10. The zero-order chi connectivity index (χ0) is 21.6. The zero-order valence-corrected chi connectivity index (χ0v) is 17.9. The third-order valence-corrected chi connectivity index (χ3v) is 5.91. The maximum atomic E-state index is 12.3. The molecule has 0 spiro atoms. The SMILES string of the molecule is CN(CCO)C(=O)c1cn(C2CCN(Cc3ccc(-c4ccccc4)cc3)CC2)nn1. The van der Waals surface area contributed by atoms with E-state index in [9.17, 15) is 4.79 Å². The summed E-state index contributed by atoms with van der Waals surface area (Å²) in [6.07, 6.45) is 3.69. The van der Waals surface area contributed by atoms with Crippen molar-refractivity contribution in [2.45, 2.75) is 25.4 Å². The molecule has 2 heterocycles. The number of likely N-dealkylation sites (tertiary alicyclic amines) is 1. The molecule has 1 amide bonds. The maximum absolute atomic E-state index is 12.3. The van der Waals surface area contributed by atoms with E-state index in [1.54, 1.807) is 13.2 Å². The maximum Gasteiger partial charge on any atom is 0.275 e. The first-order valence-electron chi connectivity index (χ1n) is 10.8. The Hall–Kier alpha value is -3.03. The van der Waals surface area contributed by atoms with Crippen LogP contribution in [0.5, 0.6) is 0 Å². The minimum absolute atomic E-state index is 0.0657. The van der Waals surface area contributed by atoms with Crippen molar-refractivity contribution in [1.29, 1.82) is 0 Å². The van der Waals surface area contributed by atoms with Gasteiger partial charge < -0.3 is 10.0 Å². The molecule has 0 atom stereocenters. The molecule has 162 valence electrons. The lowest BCUT2D eigenvalue weighted by molar-refractivity contribution is 0.0761. The van der Waals surface area contributed by atoms with E-state index in [-0.39, 0.29) is 25.1 Å². The Labute approximate surface area is 182 Å².